The first kappa shape index (κ1) is 29.7. The van der Waals surface area contributed by atoms with Crippen molar-refractivity contribution in [3.05, 3.63) is 95.0 Å². The van der Waals surface area contributed by atoms with Crippen molar-refractivity contribution in [2.75, 3.05) is 39.8 Å². The van der Waals surface area contributed by atoms with Crippen LogP contribution < -0.4 is 10.5 Å². The molecule has 0 radical (unpaired) electrons. The van der Waals surface area contributed by atoms with Crippen molar-refractivity contribution >= 4 is 23.4 Å². The van der Waals surface area contributed by atoms with Gasteiger partial charge in [0, 0.05) is 35.9 Å². The first-order valence-corrected chi connectivity index (χ1v) is 15.1. The van der Waals surface area contributed by atoms with Crippen molar-refractivity contribution in [3.63, 3.8) is 0 Å². The fourth-order valence-electron chi connectivity index (χ4n) is 6.78. The van der Waals surface area contributed by atoms with Crippen LogP contribution in [0.25, 0.3) is 5.69 Å². The summed E-state index contributed by atoms with van der Waals surface area (Å²) >= 11 is 6.48. The number of rotatable bonds is 9. The molecule has 2 aromatic heterocycles. The summed E-state index contributed by atoms with van der Waals surface area (Å²) in [5, 5.41) is 12.0. The zero-order valence-corrected chi connectivity index (χ0v) is 25.4. The number of benzene rings is 2. The van der Waals surface area contributed by atoms with Gasteiger partial charge in [0.05, 0.1) is 23.8 Å². The molecule has 228 valence electrons. The molecular formula is C32H35ClN8O3. The molecule has 11 nitrogen and oxygen atoms in total. The Hall–Kier alpha value is -4.35. The average molecular weight is 615 g/mol. The largest absolute Gasteiger partial charge is 0.496 e. The van der Waals surface area contributed by atoms with E-state index in [4.69, 9.17) is 22.1 Å². The van der Waals surface area contributed by atoms with E-state index in [1.165, 1.54) is 11.0 Å². The van der Waals surface area contributed by atoms with E-state index < -0.39 is 5.41 Å². The number of nitrogens with two attached hydrogens (primary N) is 1. The Morgan fingerprint density at radius 2 is 1.80 bits per heavy atom. The van der Waals surface area contributed by atoms with Gasteiger partial charge in [0.25, 0.3) is 5.91 Å². The number of tetrazole rings is 1. The van der Waals surface area contributed by atoms with Gasteiger partial charge in [-0.1, -0.05) is 23.7 Å². The van der Waals surface area contributed by atoms with Crippen molar-refractivity contribution < 1.29 is 14.3 Å². The number of pyridine rings is 1. The van der Waals surface area contributed by atoms with Gasteiger partial charge in [-0.25, -0.2) is 4.68 Å². The van der Waals surface area contributed by atoms with E-state index in [1.54, 1.807) is 31.6 Å². The summed E-state index contributed by atoms with van der Waals surface area (Å²) in [7, 11) is 1.56. The van der Waals surface area contributed by atoms with Crippen LogP contribution in [0.15, 0.2) is 73.3 Å². The third-order valence-corrected chi connectivity index (χ3v) is 9.66. The van der Waals surface area contributed by atoms with E-state index in [-0.39, 0.29) is 17.2 Å². The number of likely N-dealkylation sites (tertiary alicyclic amines) is 2. The molecule has 2 saturated heterocycles. The highest BCUT2D eigenvalue weighted by Crippen LogP contribution is 2.41. The van der Waals surface area contributed by atoms with Crippen LogP contribution in [-0.4, -0.2) is 86.6 Å². The smallest absolute Gasteiger partial charge is 0.257 e. The molecular weight excluding hydrogens is 580 g/mol. The van der Waals surface area contributed by atoms with E-state index in [9.17, 15) is 9.59 Å². The molecule has 1 atom stereocenters. The number of amides is 2. The molecule has 12 heteroatoms. The number of carbonyl (C=O) groups excluding carboxylic acids is 2. The van der Waals surface area contributed by atoms with E-state index in [0.29, 0.717) is 48.0 Å². The normalized spacial score (nSPS) is 20.0. The lowest BCUT2D eigenvalue weighted by Crippen LogP contribution is -2.50. The number of hydrogen-bond donors (Lipinski definition) is 1. The standard InChI is InChI=1S/C32H35ClN8O3/c1-44-28-6-5-26(41-22-36-37-38-41)20-27(28)29(42)40-18-10-31(21-40,24-3-2-4-25(33)19-24)9-15-39-16-11-32(12-17-39,30(34)43)23-7-13-35-14-8-23/h2-8,13-14,19-20,22H,9-12,15-18,21H2,1H3,(H2,34,43). The van der Waals surface area contributed by atoms with Crippen LogP contribution in [0.1, 0.15) is 47.2 Å². The van der Waals surface area contributed by atoms with Gasteiger partial charge in [0.15, 0.2) is 0 Å². The minimum absolute atomic E-state index is 0.109. The van der Waals surface area contributed by atoms with Crippen LogP contribution in [-0.2, 0) is 15.6 Å². The number of piperidine rings is 1. The topological polar surface area (TPSA) is 132 Å². The lowest BCUT2D eigenvalue weighted by molar-refractivity contribution is -0.125. The summed E-state index contributed by atoms with van der Waals surface area (Å²) in [4.78, 5) is 35.1. The third kappa shape index (κ3) is 5.65. The number of halogens is 1. The Labute approximate surface area is 261 Å². The van der Waals surface area contributed by atoms with Crippen LogP contribution >= 0.6 is 11.6 Å². The van der Waals surface area contributed by atoms with Gasteiger partial charge in [-0.15, -0.1) is 5.10 Å². The third-order valence-electron chi connectivity index (χ3n) is 9.43. The molecule has 0 bridgehead atoms. The number of nitrogens with zero attached hydrogens (tertiary/aromatic N) is 7. The lowest BCUT2D eigenvalue weighted by Gasteiger charge is -2.41. The summed E-state index contributed by atoms with van der Waals surface area (Å²) in [6, 6.07) is 17.1. The Balaban J connectivity index is 1.21. The van der Waals surface area contributed by atoms with Crippen molar-refractivity contribution in [1.82, 2.24) is 35.0 Å². The van der Waals surface area contributed by atoms with Crippen molar-refractivity contribution in [2.24, 2.45) is 5.73 Å². The van der Waals surface area contributed by atoms with E-state index in [1.807, 2.05) is 41.3 Å². The SMILES string of the molecule is COc1ccc(-n2cnnn2)cc1C(=O)N1CCC(CCN2CCC(C(N)=O)(c3ccncc3)CC2)(c2cccc(Cl)c2)C1. The highest BCUT2D eigenvalue weighted by atomic mass is 35.5. The number of hydrogen-bond acceptors (Lipinski definition) is 8. The zero-order valence-electron chi connectivity index (χ0n) is 24.6. The van der Waals surface area contributed by atoms with Gasteiger partial charge in [-0.3, -0.25) is 14.6 Å². The van der Waals surface area contributed by atoms with Crippen LogP contribution in [0.4, 0.5) is 0 Å². The van der Waals surface area contributed by atoms with Gasteiger partial charge in [0.2, 0.25) is 5.91 Å². The molecule has 0 saturated carbocycles. The van der Waals surface area contributed by atoms with Crippen LogP contribution in [0.2, 0.25) is 5.02 Å². The molecule has 2 amide bonds. The molecule has 0 aliphatic carbocycles. The maximum atomic E-state index is 14.0. The van der Waals surface area contributed by atoms with Gasteiger partial charge >= 0.3 is 0 Å². The molecule has 0 spiro atoms. The van der Waals surface area contributed by atoms with Crippen LogP contribution in [0, 0.1) is 0 Å². The fourth-order valence-corrected chi connectivity index (χ4v) is 6.97. The fraction of sp³-hybridized carbons (Fsp3) is 0.375. The van der Waals surface area contributed by atoms with Gasteiger partial charge in [-0.05, 0) is 109 Å². The number of primary amides is 1. The van der Waals surface area contributed by atoms with Crippen molar-refractivity contribution in [3.8, 4) is 11.4 Å². The molecule has 2 aromatic carbocycles. The van der Waals surface area contributed by atoms with Gasteiger partial charge < -0.3 is 20.3 Å². The number of methoxy groups -OCH3 is 1. The second-order valence-electron chi connectivity index (χ2n) is 11.7. The second-order valence-corrected chi connectivity index (χ2v) is 12.1. The predicted octanol–water partition coefficient (Wildman–Crippen LogP) is 3.41. The molecule has 4 aromatic rings. The molecule has 2 aliphatic rings. The highest BCUT2D eigenvalue weighted by Gasteiger charge is 2.44. The quantitative estimate of drug-likeness (QED) is 0.303. The molecule has 1 unspecified atom stereocenters. The summed E-state index contributed by atoms with van der Waals surface area (Å²) in [5.74, 6) is 0.0954. The summed E-state index contributed by atoms with van der Waals surface area (Å²) in [6.45, 7) is 3.45. The molecule has 2 N–H and O–H groups in total. The first-order chi connectivity index (χ1) is 21.3. The molecule has 44 heavy (non-hydrogen) atoms. The highest BCUT2D eigenvalue weighted by molar-refractivity contribution is 6.30. The van der Waals surface area contributed by atoms with E-state index in [2.05, 4.69) is 31.5 Å². The molecule has 2 fully saturated rings. The maximum Gasteiger partial charge on any atom is 0.257 e. The Kier molecular flexibility index (Phi) is 8.33. The number of aromatic nitrogens is 5. The summed E-state index contributed by atoms with van der Waals surface area (Å²) in [6.07, 6.45) is 7.85. The minimum atomic E-state index is -0.684. The van der Waals surface area contributed by atoms with Crippen LogP contribution in [0.3, 0.4) is 0 Å². The predicted molar refractivity (Wildman–Crippen MR) is 165 cm³/mol. The Morgan fingerprint density at radius 1 is 1.00 bits per heavy atom. The Morgan fingerprint density at radius 3 is 2.48 bits per heavy atom. The molecule has 6 rings (SSSR count). The maximum absolute atomic E-state index is 14.0. The zero-order chi connectivity index (χ0) is 30.7. The van der Waals surface area contributed by atoms with E-state index in [0.717, 1.165) is 43.6 Å². The van der Waals surface area contributed by atoms with Crippen molar-refractivity contribution in [1.29, 1.82) is 0 Å². The molecule has 4 heterocycles. The number of carbonyl (C=O) groups is 2. The average Bonchev–Trinajstić information content (AvgIpc) is 3.76. The van der Waals surface area contributed by atoms with E-state index >= 15 is 0 Å². The van der Waals surface area contributed by atoms with Gasteiger partial charge in [0.1, 0.15) is 12.1 Å². The lowest BCUT2D eigenvalue weighted by atomic mass is 9.72. The summed E-state index contributed by atoms with van der Waals surface area (Å²) < 4.78 is 7.08. The molecule has 2 aliphatic heterocycles. The van der Waals surface area contributed by atoms with Crippen LogP contribution in [0.5, 0.6) is 5.75 Å². The summed E-state index contributed by atoms with van der Waals surface area (Å²) in [5.41, 5.74) is 8.17. The number of ether oxygens (including phenoxy) is 1. The van der Waals surface area contributed by atoms with Gasteiger partial charge in [-0.2, -0.15) is 0 Å². The second kappa shape index (κ2) is 12.3. The van der Waals surface area contributed by atoms with Crippen molar-refractivity contribution in [2.45, 2.75) is 36.5 Å². The first-order valence-electron chi connectivity index (χ1n) is 14.7. The minimum Gasteiger partial charge on any atom is -0.496 e. The monoisotopic (exact) mass is 614 g/mol. The Bertz CT molecular complexity index is 1630.